The molecular weight excluding hydrogens is 484 g/mol. The molecule has 2 N–H and O–H groups in total. The van der Waals surface area contributed by atoms with Crippen molar-refractivity contribution in [3.63, 3.8) is 0 Å². The van der Waals surface area contributed by atoms with Crippen LogP contribution in [0.4, 0.5) is 5.13 Å². The second-order valence-electron chi connectivity index (χ2n) is 8.94. The number of thiazole rings is 1. The average Bonchev–Trinajstić information content (AvgIpc) is 3.55. The zero-order valence-electron chi connectivity index (χ0n) is 19.1. The Balaban J connectivity index is 1.16. The number of sulfone groups is 1. The number of hydrogen-bond acceptors (Lipinski definition) is 7. The van der Waals surface area contributed by atoms with Gasteiger partial charge in [0, 0.05) is 47.7 Å². The first kappa shape index (κ1) is 23.7. The van der Waals surface area contributed by atoms with Crippen molar-refractivity contribution < 1.29 is 18.0 Å². The molecule has 0 unspecified atom stereocenters. The number of carbonyl (C=O) groups excluding carboxylic acids is 2. The first-order valence-corrected chi connectivity index (χ1v) is 14.2. The number of amides is 2. The molecule has 1 saturated heterocycles. The second-order valence-corrected chi connectivity index (χ2v) is 12.1. The van der Waals surface area contributed by atoms with Crippen LogP contribution < -0.4 is 10.6 Å². The fourth-order valence-corrected chi connectivity index (χ4v) is 5.84. The van der Waals surface area contributed by atoms with Gasteiger partial charge in [-0.05, 0) is 42.7 Å². The van der Waals surface area contributed by atoms with Crippen LogP contribution >= 0.6 is 11.3 Å². The highest BCUT2D eigenvalue weighted by Crippen LogP contribution is 2.26. The van der Waals surface area contributed by atoms with Crippen LogP contribution in [0.25, 0.3) is 11.3 Å². The van der Waals surface area contributed by atoms with E-state index in [1.165, 1.54) is 11.3 Å². The lowest BCUT2D eigenvalue weighted by atomic mass is 10.1. The number of carbonyl (C=O) groups is 2. The molecular formula is C25H26N4O4S2. The van der Waals surface area contributed by atoms with E-state index < -0.39 is 9.84 Å². The molecule has 1 aliphatic carbocycles. The van der Waals surface area contributed by atoms with Gasteiger partial charge in [0.1, 0.15) is 0 Å². The van der Waals surface area contributed by atoms with E-state index in [-0.39, 0.29) is 23.3 Å². The first-order valence-electron chi connectivity index (χ1n) is 11.5. The third-order valence-corrected chi connectivity index (χ3v) is 8.51. The number of hydrogen-bond donors (Lipinski definition) is 2. The fraction of sp³-hybridized carbons (Fsp3) is 0.320. The van der Waals surface area contributed by atoms with Gasteiger partial charge in [-0.3, -0.25) is 19.8 Å². The highest BCUT2D eigenvalue weighted by molar-refractivity contribution is 7.91. The summed E-state index contributed by atoms with van der Waals surface area (Å²) in [5, 5.41) is 8.19. The van der Waals surface area contributed by atoms with E-state index in [1.54, 1.807) is 24.3 Å². The molecule has 0 spiro atoms. The minimum atomic E-state index is -2.89. The van der Waals surface area contributed by atoms with Crippen LogP contribution in [-0.2, 0) is 16.4 Å². The van der Waals surface area contributed by atoms with Crippen LogP contribution in [0.3, 0.4) is 0 Å². The van der Waals surface area contributed by atoms with Gasteiger partial charge >= 0.3 is 0 Å². The molecule has 2 aliphatic rings. The summed E-state index contributed by atoms with van der Waals surface area (Å²) < 4.78 is 23.2. The van der Waals surface area contributed by atoms with Crippen molar-refractivity contribution in [2.24, 2.45) is 0 Å². The van der Waals surface area contributed by atoms with Gasteiger partial charge in [0.25, 0.3) is 11.8 Å². The Labute approximate surface area is 208 Å². The Hall–Kier alpha value is -3.08. The first-order chi connectivity index (χ1) is 16.8. The van der Waals surface area contributed by atoms with Gasteiger partial charge in [-0.15, -0.1) is 11.3 Å². The standard InChI is InChI=1S/C25H26N4O4S2/c30-23(26-21-9-10-21)20-7-5-18(6-8-20)22-16-34-25(27-22)28-24(31)19-3-1-17(2-4-19)15-29-11-13-35(32,33)14-12-29/h1-8,16,21H,9-15H2,(H,26,30)(H,27,28,31). The van der Waals surface area contributed by atoms with E-state index in [2.05, 4.69) is 20.5 Å². The molecule has 2 fully saturated rings. The molecule has 8 nitrogen and oxygen atoms in total. The molecule has 0 bridgehead atoms. The third kappa shape index (κ3) is 6.14. The Morgan fingerprint density at radius 1 is 0.943 bits per heavy atom. The molecule has 1 saturated carbocycles. The van der Waals surface area contributed by atoms with E-state index in [9.17, 15) is 18.0 Å². The van der Waals surface area contributed by atoms with E-state index >= 15 is 0 Å². The summed E-state index contributed by atoms with van der Waals surface area (Å²) >= 11 is 1.34. The van der Waals surface area contributed by atoms with Crippen LogP contribution in [0.2, 0.25) is 0 Å². The van der Waals surface area contributed by atoms with Crippen molar-refractivity contribution in [1.82, 2.24) is 15.2 Å². The maximum absolute atomic E-state index is 12.7. The van der Waals surface area contributed by atoms with Crippen LogP contribution in [-0.4, -0.2) is 60.8 Å². The normalized spacial score (nSPS) is 17.6. The van der Waals surface area contributed by atoms with Gasteiger partial charge in [-0.2, -0.15) is 0 Å². The van der Waals surface area contributed by atoms with Crippen molar-refractivity contribution in [2.75, 3.05) is 29.9 Å². The highest BCUT2D eigenvalue weighted by Gasteiger charge is 2.24. The van der Waals surface area contributed by atoms with Crippen molar-refractivity contribution in [1.29, 1.82) is 0 Å². The van der Waals surface area contributed by atoms with E-state index in [0.29, 0.717) is 41.9 Å². The summed E-state index contributed by atoms with van der Waals surface area (Å²) in [6, 6.07) is 14.9. The molecule has 1 aliphatic heterocycles. The highest BCUT2D eigenvalue weighted by atomic mass is 32.2. The van der Waals surface area contributed by atoms with Gasteiger partial charge in [0.15, 0.2) is 15.0 Å². The summed E-state index contributed by atoms with van der Waals surface area (Å²) in [5.74, 6) is 0.0978. The van der Waals surface area contributed by atoms with Crippen LogP contribution in [0, 0.1) is 0 Å². The van der Waals surface area contributed by atoms with Gasteiger partial charge in [-0.25, -0.2) is 13.4 Å². The molecule has 0 atom stereocenters. The van der Waals surface area contributed by atoms with E-state index in [4.69, 9.17) is 0 Å². The number of nitrogens with one attached hydrogen (secondary N) is 2. The van der Waals surface area contributed by atoms with Crippen LogP contribution in [0.15, 0.2) is 53.9 Å². The molecule has 10 heteroatoms. The molecule has 0 radical (unpaired) electrons. The molecule has 1 aromatic heterocycles. The zero-order valence-corrected chi connectivity index (χ0v) is 20.7. The lowest BCUT2D eigenvalue weighted by Gasteiger charge is -2.26. The lowest BCUT2D eigenvalue weighted by Crippen LogP contribution is -2.39. The quantitative estimate of drug-likeness (QED) is 0.505. The van der Waals surface area contributed by atoms with E-state index in [0.717, 1.165) is 29.7 Å². The van der Waals surface area contributed by atoms with Crippen LogP contribution in [0.5, 0.6) is 0 Å². The number of aromatic nitrogens is 1. The summed E-state index contributed by atoms with van der Waals surface area (Å²) in [7, 11) is -2.89. The van der Waals surface area contributed by atoms with Crippen molar-refractivity contribution >= 4 is 38.1 Å². The predicted octanol–water partition coefficient (Wildman–Crippen LogP) is 3.19. The number of nitrogens with zero attached hydrogens (tertiary/aromatic N) is 2. The molecule has 5 rings (SSSR count). The summed E-state index contributed by atoms with van der Waals surface area (Å²) in [4.78, 5) is 31.5. The summed E-state index contributed by atoms with van der Waals surface area (Å²) in [6.45, 7) is 1.73. The minimum absolute atomic E-state index is 0.0554. The van der Waals surface area contributed by atoms with E-state index in [1.807, 2.05) is 29.6 Å². The third-order valence-electron chi connectivity index (χ3n) is 6.14. The molecule has 2 amide bonds. The molecule has 182 valence electrons. The molecule has 2 aromatic carbocycles. The number of anilines is 1. The Morgan fingerprint density at radius 2 is 1.57 bits per heavy atom. The summed E-state index contributed by atoms with van der Waals surface area (Å²) in [6.07, 6.45) is 2.10. The fourth-order valence-electron chi connectivity index (χ4n) is 3.85. The van der Waals surface area contributed by atoms with Crippen LogP contribution in [0.1, 0.15) is 39.1 Å². The maximum atomic E-state index is 12.7. The van der Waals surface area contributed by atoms with Crippen molar-refractivity contribution in [2.45, 2.75) is 25.4 Å². The van der Waals surface area contributed by atoms with Gasteiger partial charge < -0.3 is 5.32 Å². The maximum Gasteiger partial charge on any atom is 0.257 e. The van der Waals surface area contributed by atoms with Gasteiger partial charge in [0.05, 0.1) is 17.2 Å². The largest absolute Gasteiger partial charge is 0.349 e. The summed E-state index contributed by atoms with van der Waals surface area (Å²) in [5.41, 5.74) is 3.79. The smallest absolute Gasteiger partial charge is 0.257 e. The van der Waals surface area contributed by atoms with Gasteiger partial charge in [0.2, 0.25) is 0 Å². The van der Waals surface area contributed by atoms with Crippen molar-refractivity contribution in [3.8, 4) is 11.3 Å². The topological polar surface area (TPSA) is 108 Å². The lowest BCUT2D eigenvalue weighted by molar-refractivity contribution is 0.0950. The Bertz CT molecular complexity index is 1320. The second kappa shape index (κ2) is 9.88. The average molecular weight is 511 g/mol. The molecule has 2 heterocycles. The monoisotopic (exact) mass is 510 g/mol. The number of rotatable bonds is 7. The van der Waals surface area contributed by atoms with Gasteiger partial charge in [-0.1, -0.05) is 24.3 Å². The predicted molar refractivity (Wildman–Crippen MR) is 136 cm³/mol. The Kier molecular flexibility index (Phi) is 6.68. The number of benzene rings is 2. The SMILES string of the molecule is O=C(Nc1nc(-c2ccc(C(=O)NC3CC3)cc2)cs1)c1ccc(CN2CCS(=O)(=O)CC2)cc1. The van der Waals surface area contributed by atoms with Crippen molar-refractivity contribution in [3.05, 3.63) is 70.6 Å². The molecule has 35 heavy (non-hydrogen) atoms. The minimum Gasteiger partial charge on any atom is -0.349 e. The molecule has 3 aromatic rings. The Morgan fingerprint density at radius 3 is 2.23 bits per heavy atom. The zero-order chi connectivity index (χ0) is 24.4.